The molecule has 1 nitrogen and oxygen atoms in total. The minimum atomic E-state index is 0.191. The highest BCUT2D eigenvalue weighted by atomic mass is 32.2. The summed E-state index contributed by atoms with van der Waals surface area (Å²) in [4.78, 5) is 1.40. The van der Waals surface area contributed by atoms with Crippen LogP contribution in [0.3, 0.4) is 0 Å². The average molecular weight is 208 g/mol. The number of fused-ring (bicyclic) bond motifs is 1. The highest BCUT2D eigenvalue weighted by Crippen LogP contribution is 2.43. The number of hydrogen-bond acceptors (Lipinski definition) is 2. The quantitative estimate of drug-likeness (QED) is 0.806. The Hall–Kier alpha value is -0.470. The van der Waals surface area contributed by atoms with E-state index in [9.17, 15) is 0 Å². The highest BCUT2D eigenvalue weighted by Gasteiger charge is 2.31. The summed E-state index contributed by atoms with van der Waals surface area (Å²) in [5.41, 5.74) is 1.61. The molecule has 76 valence electrons. The normalized spacial score (nSPS) is 25.9. The third-order valence-electron chi connectivity index (χ3n) is 3.11. The molecule has 0 saturated heterocycles. The van der Waals surface area contributed by atoms with Gasteiger partial charge in [0.25, 0.3) is 0 Å². The van der Waals surface area contributed by atoms with Crippen LogP contribution in [0.25, 0.3) is 0 Å². The van der Waals surface area contributed by atoms with Crippen molar-refractivity contribution in [3.05, 3.63) is 29.8 Å². The maximum Gasteiger partial charge on any atom is 0.0439 e. The lowest BCUT2D eigenvalue weighted by molar-refractivity contribution is 0.239. The molecule has 0 spiro atoms. The van der Waals surface area contributed by atoms with Gasteiger partial charge in [-0.1, -0.05) is 25.1 Å². The molecule has 0 radical (unpaired) electrons. The van der Waals surface area contributed by atoms with Gasteiger partial charge in [0.1, 0.15) is 0 Å². The van der Waals surface area contributed by atoms with Crippen LogP contribution in [0.4, 0.5) is 0 Å². The Bertz CT molecular complexity index is 324. The summed E-state index contributed by atoms with van der Waals surface area (Å²) in [5, 5.41) is 9.10. The van der Waals surface area contributed by atoms with Crippen LogP contribution in [0.15, 0.2) is 29.2 Å². The van der Waals surface area contributed by atoms with E-state index < -0.39 is 0 Å². The first-order chi connectivity index (χ1) is 6.76. The fourth-order valence-electron chi connectivity index (χ4n) is 2.12. The number of rotatable bonds is 2. The third-order valence-corrected chi connectivity index (χ3v) is 4.19. The van der Waals surface area contributed by atoms with Crippen LogP contribution < -0.4 is 0 Å². The zero-order chi connectivity index (χ0) is 10.0. The second kappa shape index (κ2) is 3.95. The monoisotopic (exact) mass is 208 g/mol. The minimum Gasteiger partial charge on any atom is -0.396 e. The van der Waals surface area contributed by atoms with Gasteiger partial charge in [-0.15, -0.1) is 11.8 Å². The van der Waals surface area contributed by atoms with Crippen LogP contribution in [0, 0.1) is 0 Å². The Morgan fingerprint density at radius 1 is 1.43 bits per heavy atom. The van der Waals surface area contributed by atoms with Gasteiger partial charge < -0.3 is 5.11 Å². The van der Waals surface area contributed by atoms with Gasteiger partial charge in [0.2, 0.25) is 0 Å². The molecule has 1 aromatic rings. The highest BCUT2D eigenvalue weighted by molar-refractivity contribution is 7.99. The lowest BCUT2D eigenvalue weighted by Gasteiger charge is -2.35. The molecule has 0 fully saturated rings. The SMILES string of the molecule is CC1(CCO)CCSc2ccccc21. The topological polar surface area (TPSA) is 20.2 Å². The van der Waals surface area contributed by atoms with Gasteiger partial charge in [0.05, 0.1) is 0 Å². The molecular formula is C12H16OS. The largest absolute Gasteiger partial charge is 0.396 e. The minimum absolute atomic E-state index is 0.191. The van der Waals surface area contributed by atoms with Crippen molar-refractivity contribution in [1.82, 2.24) is 0 Å². The molecule has 1 N–H and O–H groups in total. The van der Waals surface area contributed by atoms with Crippen LogP contribution >= 0.6 is 11.8 Å². The summed E-state index contributed by atoms with van der Waals surface area (Å²) in [5.74, 6) is 1.17. The average Bonchev–Trinajstić information content (AvgIpc) is 2.19. The Kier molecular flexibility index (Phi) is 2.84. The molecule has 1 aliphatic rings. The molecule has 0 amide bonds. The second-order valence-electron chi connectivity index (χ2n) is 4.13. The zero-order valence-corrected chi connectivity index (χ0v) is 9.31. The molecule has 14 heavy (non-hydrogen) atoms. The Balaban J connectivity index is 2.39. The van der Waals surface area contributed by atoms with Crippen molar-refractivity contribution in [2.24, 2.45) is 0 Å². The van der Waals surface area contributed by atoms with E-state index in [1.807, 2.05) is 11.8 Å². The first-order valence-corrected chi connectivity index (χ1v) is 6.08. The summed E-state index contributed by atoms with van der Waals surface area (Å²) < 4.78 is 0. The fourth-order valence-corrected chi connectivity index (χ4v) is 3.54. The van der Waals surface area contributed by atoms with E-state index >= 15 is 0 Å². The fraction of sp³-hybridized carbons (Fsp3) is 0.500. The van der Waals surface area contributed by atoms with Gasteiger partial charge in [-0.2, -0.15) is 0 Å². The van der Waals surface area contributed by atoms with Gasteiger partial charge in [-0.3, -0.25) is 0 Å². The predicted molar refractivity (Wildman–Crippen MR) is 60.8 cm³/mol. The molecule has 1 aromatic carbocycles. The molecule has 1 aliphatic heterocycles. The summed E-state index contributed by atoms with van der Waals surface area (Å²) in [7, 11) is 0. The van der Waals surface area contributed by atoms with Gasteiger partial charge in [-0.25, -0.2) is 0 Å². The second-order valence-corrected chi connectivity index (χ2v) is 5.27. The zero-order valence-electron chi connectivity index (χ0n) is 8.49. The van der Waals surface area contributed by atoms with Crippen LogP contribution in [-0.4, -0.2) is 17.5 Å². The van der Waals surface area contributed by atoms with Crippen LogP contribution in [0.2, 0.25) is 0 Å². The van der Waals surface area contributed by atoms with E-state index in [1.165, 1.54) is 22.6 Å². The predicted octanol–water partition coefficient (Wildman–Crippen LogP) is 2.82. The summed E-state index contributed by atoms with van der Waals surface area (Å²) >= 11 is 1.94. The van der Waals surface area contributed by atoms with Gasteiger partial charge in [0, 0.05) is 11.5 Å². The van der Waals surface area contributed by atoms with Crippen LogP contribution in [0.5, 0.6) is 0 Å². The maximum atomic E-state index is 9.10. The van der Waals surface area contributed by atoms with E-state index in [-0.39, 0.29) is 12.0 Å². The maximum absolute atomic E-state index is 9.10. The molecule has 0 aliphatic carbocycles. The summed E-state index contributed by atoms with van der Waals surface area (Å²) in [6.45, 7) is 2.55. The van der Waals surface area contributed by atoms with E-state index in [4.69, 9.17) is 5.11 Å². The molecule has 2 heteroatoms. The Morgan fingerprint density at radius 2 is 2.21 bits per heavy atom. The number of benzene rings is 1. The number of thioether (sulfide) groups is 1. The smallest absolute Gasteiger partial charge is 0.0439 e. The lowest BCUT2D eigenvalue weighted by atomic mass is 9.77. The van der Waals surface area contributed by atoms with E-state index in [0.717, 1.165) is 6.42 Å². The van der Waals surface area contributed by atoms with E-state index in [2.05, 4.69) is 31.2 Å². The lowest BCUT2D eigenvalue weighted by Crippen LogP contribution is -2.27. The van der Waals surface area contributed by atoms with Gasteiger partial charge in [0.15, 0.2) is 0 Å². The Labute approximate surface area is 89.5 Å². The first kappa shape index (κ1) is 10.1. The molecule has 1 unspecified atom stereocenters. The summed E-state index contributed by atoms with van der Waals surface area (Å²) in [6, 6.07) is 8.59. The van der Waals surface area contributed by atoms with Crippen molar-refractivity contribution in [3.8, 4) is 0 Å². The van der Waals surface area contributed by atoms with Crippen molar-refractivity contribution >= 4 is 11.8 Å². The Morgan fingerprint density at radius 3 is 3.00 bits per heavy atom. The number of aliphatic hydroxyl groups excluding tert-OH is 1. The molecular weight excluding hydrogens is 192 g/mol. The molecule has 0 saturated carbocycles. The molecule has 0 aromatic heterocycles. The van der Waals surface area contributed by atoms with Gasteiger partial charge >= 0.3 is 0 Å². The van der Waals surface area contributed by atoms with E-state index in [1.54, 1.807) is 0 Å². The third kappa shape index (κ3) is 1.69. The number of aliphatic hydroxyl groups is 1. The van der Waals surface area contributed by atoms with Crippen molar-refractivity contribution < 1.29 is 5.11 Å². The molecule has 2 rings (SSSR count). The van der Waals surface area contributed by atoms with E-state index in [0.29, 0.717) is 0 Å². The van der Waals surface area contributed by atoms with Crippen molar-refractivity contribution in [3.63, 3.8) is 0 Å². The molecule has 1 heterocycles. The van der Waals surface area contributed by atoms with Crippen molar-refractivity contribution in [2.45, 2.75) is 30.1 Å². The summed E-state index contributed by atoms with van der Waals surface area (Å²) in [6.07, 6.45) is 2.06. The molecule has 1 atom stereocenters. The first-order valence-electron chi connectivity index (χ1n) is 5.09. The van der Waals surface area contributed by atoms with Crippen LogP contribution in [0.1, 0.15) is 25.3 Å². The van der Waals surface area contributed by atoms with Gasteiger partial charge in [-0.05, 0) is 35.6 Å². The van der Waals surface area contributed by atoms with Crippen LogP contribution in [-0.2, 0) is 5.41 Å². The molecule has 0 bridgehead atoms. The standard InChI is InChI=1S/C12H16OS/c1-12(6-8-13)7-9-14-11-5-3-2-4-10(11)12/h2-5,13H,6-9H2,1H3. The van der Waals surface area contributed by atoms with Crippen molar-refractivity contribution in [2.75, 3.05) is 12.4 Å². The van der Waals surface area contributed by atoms with Crippen molar-refractivity contribution in [1.29, 1.82) is 0 Å². The number of hydrogen-bond donors (Lipinski definition) is 1.